The first kappa shape index (κ1) is 17.7. The van der Waals surface area contributed by atoms with Crippen LogP contribution in [-0.4, -0.2) is 56.6 Å². The summed E-state index contributed by atoms with van der Waals surface area (Å²) in [6, 6.07) is 9.02. The van der Waals surface area contributed by atoms with Crippen LogP contribution in [0.25, 0.3) is 10.9 Å². The summed E-state index contributed by atoms with van der Waals surface area (Å²) < 4.78 is 16.4. The fourth-order valence-corrected chi connectivity index (χ4v) is 4.34. The molecule has 28 heavy (non-hydrogen) atoms. The number of hydrogen-bond acceptors (Lipinski definition) is 5. The fourth-order valence-electron chi connectivity index (χ4n) is 4.34. The molecule has 1 atom stereocenters. The molecule has 2 fully saturated rings. The van der Waals surface area contributed by atoms with Crippen molar-refractivity contribution in [3.63, 3.8) is 0 Å². The molecular weight excluding hydrogens is 354 g/mol. The van der Waals surface area contributed by atoms with E-state index in [4.69, 9.17) is 9.47 Å². The van der Waals surface area contributed by atoms with E-state index in [1.54, 1.807) is 6.33 Å². The van der Waals surface area contributed by atoms with E-state index in [0.717, 1.165) is 63.7 Å². The molecule has 2 saturated heterocycles. The molecule has 2 aromatic heterocycles. The van der Waals surface area contributed by atoms with Crippen LogP contribution in [0.5, 0.6) is 5.75 Å². The van der Waals surface area contributed by atoms with E-state index >= 15 is 0 Å². The van der Waals surface area contributed by atoms with Gasteiger partial charge in [-0.05, 0) is 37.5 Å². The molecule has 148 valence electrons. The van der Waals surface area contributed by atoms with Crippen LogP contribution in [0.3, 0.4) is 0 Å². The van der Waals surface area contributed by atoms with Gasteiger partial charge in [0.1, 0.15) is 24.0 Å². The highest BCUT2D eigenvalue weighted by atomic mass is 16.5. The number of hydrogen-bond donors (Lipinski definition) is 0. The van der Waals surface area contributed by atoms with Crippen molar-refractivity contribution in [2.75, 3.05) is 26.3 Å². The van der Waals surface area contributed by atoms with Gasteiger partial charge < -0.3 is 18.6 Å². The van der Waals surface area contributed by atoms with Crippen molar-refractivity contribution >= 4 is 10.9 Å². The molecule has 2 aliphatic heterocycles. The van der Waals surface area contributed by atoms with Crippen LogP contribution in [0, 0.1) is 0 Å². The molecule has 0 N–H and O–H groups in total. The minimum atomic E-state index is 0.263. The summed E-state index contributed by atoms with van der Waals surface area (Å²) in [7, 11) is 2.00. The molecule has 0 saturated carbocycles. The van der Waals surface area contributed by atoms with Crippen molar-refractivity contribution in [1.29, 1.82) is 0 Å². The van der Waals surface area contributed by atoms with Gasteiger partial charge in [-0.15, -0.1) is 10.2 Å². The van der Waals surface area contributed by atoms with Gasteiger partial charge in [0.15, 0.2) is 0 Å². The molecule has 0 amide bonds. The summed E-state index contributed by atoms with van der Waals surface area (Å²) in [5.74, 6) is 2.02. The largest absolute Gasteiger partial charge is 0.490 e. The number of nitrogens with zero attached hydrogens (tertiary/aromatic N) is 5. The number of benzene rings is 1. The van der Waals surface area contributed by atoms with Crippen LogP contribution >= 0.6 is 0 Å². The molecule has 4 heterocycles. The lowest BCUT2D eigenvalue weighted by Gasteiger charge is -2.31. The Bertz CT molecular complexity index is 935. The second-order valence-electron chi connectivity index (χ2n) is 7.88. The number of piperidine rings is 1. The third-order valence-corrected chi connectivity index (χ3v) is 6.02. The van der Waals surface area contributed by atoms with Crippen molar-refractivity contribution in [3.8, 4) is 5.75 Å². The highest BCUT2D eigenvalue weighted by Crippen LogP contribution is 2.32. The number of ether oxygens (including phenoxy) is 2. The lowest BCUT2D eigenvalue weighted by Crippen LogP contribution is -2.38. The van der Waals surface area contributed by atoms with Crippen LogP contribution in [0.4, 0.5) is 0 Å². The van der Waals surface area contributed by atoms with E-state index in [1.165, 1.54) is 10.9 Å². The van der Waals surface area contributed by atoms with Gasteiger partial charge in [0.25, 0.3) is 0 Å². The summed E-state index contributed by atoms with van der Waals surface area (Å²) in [5, 5.41) is 9.37. The van der Waals surface area contributed by atoms with Gasteiger partial charge >= 0.3 is 0 Å². The van der Waals surface area contributed by atoms with E-state index in [0.29, 0.717) is 6.04 Å². The Morgan fingerprint density at radius 2 is 2.07 bits per heavy atom. The quantitative estimate of drug-likeness (QED) is 0.680. The van der Waals surface area contributed by atoms with Gasteiger partial charge in [-0.1, -0.05) is 6.07 Å². The molecule has 1 aromatic carbocycles. The summed E-state index contributed by atoms with van der Waals surface area (Å²) in [4.78, 5) is 2.43. The lowest BCUT2D eigenvalue weighted by molar-refractivity contribution is 0.0960. The molecule has 7 nitrogen and oxygen atoms in total. The number of aromatic nitrogens is 4. The molecule has 1 unspecified atom stereocenters. The zero-order chi connectivity index (χ0) is 18.9. The first-order chi connectivity index (χ1) is 13.8. The molecule has 5 rings (SSSR count). The van der Waals surface area contributed by atoms with Crippen LogP contribution in [-0.2, 0) is 18.3 Å². The fraction of sp³-hybridized carbons (Fsp3) is 0.524. The summed E-state index contributed by atoms with van der Waals surface area (Å²) in [5.41, 5.74) is 1.24. The Hall–Kier alpha value is -2.38. The summed E-state index contributed by atoms with van der Waals surface area (Å²) in [6.45, 7) is 4.55. The van der Waals surface area contributed by atoms with E-state index in [1.807, 2.05) is 11.6 Å². The van der Waals surface area contributed by atoms with E-state index in [9.17, 15) is 0 Å². The number of aryl methyl sites for hydroxylation is 1. The van der Waals surface area contributed by atoms with Gasteiger partial charge in [0, 0.05) is 38.3 Å². The molecule has 7 heteroatoms. The Morgan fingerprint density at radius 1 is 1.18 bits per heavy atom. The molecule has 0 spiro atoms. The second kappa shape index (κ2) is 7.56. The van der Waals surface area contributed by atoms with Crippen molar-refractivity contribution in [3.05, 3.63) is 42.6 Å². The monoisotopic (exact) mass is 381 g/mol. The van der Waals surface area contributed by atoms with Gasteiger partial charge in [0.05, 0.1) is 24.7 Å². The first-order valence-electron chi connectivity index (χ1n) is 10.2. The minimum absolute atomic E-state index is 0.263. The highest BCUT2D eigenvalue weighted by molar-refractivity contribution is 5.86. The number of likely N-dealkylation sites (tertiary alicyclic amines) is 1. The highest BCUT2D eigenvalue weighted by Gasteiger charge is 2.23. The Labute approximate surface area is 164 Å². The van der Waals surface area contributed by atoms with Crippen molar-refractivity contribution in [1.82, 2.24) is 24.2 Å². The van der Waals surface area contributed by atoms with Crippen molar-refractivity contribution in [2.24, 2.45) is 7.05 Å². The van der Waals surface area contributed by atoms with Gasteiger partial charge in [-0.2, -0.15) is 0 Å². The van der Waals surface area contributed by atoms with Gasteiger partial charge in [-0.3, -0.25) is 4.90 Å². The maximum Gasteiger partial charge on any atom is 0.146 e. The van der Waals surface area contributed by atoms with Gasteiger partial charge in [-0.25, -0.2) is 0 Å². The molecule has 3 aromatic rings. The van der Waals surface area contributed by atoms with Crippen LogP contribution in [0.2, 0.25) is 0 Å². The minimum Gasteiger partial charge on any atom is -0.490 e. The topological polar surface area (TPSA) is 57.3 Å². The maximum atomic E-state index is 6.45. The number of rotatable bonds is 5. The average molecular weight is 381 g/mol. The van der Waals surface area contributed by atoms with Crippen molar-refractivity contribution in [2.45, 2.75) is 38.0 Å². The first-order valence-corrected chi connectivity index (χ1v) is 10.2. The molecular formula is C21H27N5O2. The smallest absolute Gasteiger partial charge is 0.146 e. The molecule has 0 aliphatic carbocycles. The SMILES string of the molecule is Cn1cnnc1CN1CCC(Oc2cccc3c2ccn3C2CCOC2)CC1. The van der Waals surface area contributed by atoms with Gasteiger partial charge in [0.2, 0.25) is 0 Å². The predicted molar refractivity (Wildman–Crippen MR) is 106 cm³/mol. The van der Waals surface area contributed by atoms with E-state index < -0.39 is 0 Å². The standard InChI is InChI=1S/C21H27N5O2/c1-24-15-22-23-21(24)13-25-9-5-17(6-10-25)28-20-4-2-3-19-18(20)7-11-26(19)16-8-12-27-14-16/h2-4,7,11,15-17H,5-6,8-10,12-14H2,1H3. The normalized spacial score (nSPS) is 21.5. The third-order valence-electron chi connectivity index (χ3n) is 6.02. The third kappa shape index (κ3) is 3.40. The average Bonchev–Trinajstić information content (AvgIpc) is 3.45. The molecule has 0 bridgehead atoms. The Balaban J connectivity index is 1.24. The zero-order valence-electron chi connectivity index (χ0n) is 16.3. The summed E-state index contributed by atoms with van der Waals surface area (Å²) >= 11 is 0. The zero-order valence-corrected chi connectivity index (χ0v) is 16.3. The maximum absolute atomic E-state index is 6.45. The Morgan fingerprint density at radius 3 is 2.82 bits per heavy atom. The Kier molecular flexibility index (Phi) is 4.78. The second-order valence-corrected chi connectivity index (χ2v) is 7.88. The lowest BCUT2D eigenvalue weighted by atomic mass is 10.1. The van der Waals surface area contributed by atoms with Crippen LogP contribution in [0.1, 0.15) is 31.1 Å². The van der Waals surface area contributed by atoms with Crippen molar-refractivity contribution < 1.29 is 9.47 Å². The van der Waals surface area contributed by atoms with Crippen LogP contribution in [0.15, 0.2) is 36.8 Å². The summed E-state index contributed by atoms with van der Waals surface area (Å²) in [6.07, 6.45) is 7.35. The van der Waals surface area contributed by atoms with E-state index in [-0.39, 0.29) is 6.10 Å². The number of fused-ring (bicyclic) bond motifs is 1. The van der Waals surface area contributed by atoms with E-state index in [2.05, 4.69) is 50.1 Å². The van der Waals surface area contributed by atoms with Crippen LogP contribution < -0.4 is 4.74 Å². The molecule has 0 radical (unpaired) electrons. The predicted octanol–water partition coefficient (Wildman–Crippen LogP) is 2.77. The molecule has 2 aliphatic rings.